The zero-order valence-corrected chi connectivity index (χ0v) is 26.8. The van der Waals surface area contributed by atoms with Crippen molar-refractivity contribution in [2.75, 3.05) is 28.9 Å². The highest BCUT2D eigenvalue weighted by atomic mass is 32.2. The Balaban J connectivity index is 1.35. The summed E-state index contributed by atoms with van der Waals surface area (Å²) in [5, 5.41) is 2.92. The third-order valence-corrected chi connectivity index (χ3v) is 10.7. The predicted octanol–water partition coefficient (Wildman–Crippen LogP) is 4.76. The van der Waals surface area contributed by atoms with Crippen molar-refractivity contribution >= 4 is 39.5 Å². The lowest BCUT2D eigenvalue weighted by Crippen LogP contribution is -2.50. The van der Waals surface area contributed by atoms with Gasteiger partial charge in [0.15, 0.2) is 6.67 Å². The molecule has 2 atom stereocenters. The van der Waals surface area contributed by atoms with Gasteiger partial charge in [0.05, 0.1) is 16.8 Å². The number of anilines is 2. The molecule has 1 saturated carbocycles. The summed E-state index contributed by atoms with van der Waals surface area (Å²) in [7, 11) is -4.42. The van der Waals surface area contributed by atoms with Crippen LogP contribution in [0.2, 0.25) is 0 Å². The fourth-order valence-electron chi connectivity index (χ4n) is 6.89. The van der Waals surface area contributed by atoms with Crippen molar-refractivity contribution in [3.63, 3.8) is 0 Å². The first kappa shape index (κ1) is 33.6. The Hall–Kier alpha value is -3.78. The molecule has 3 amide bonds. The zero-order chi connectivity index (χ0) is 33.1. The first-order valence-corrected chi connectivity index (χ1v) is 16.9. The summed E-state index contributed by atoms with van der Waals surface area (Å²) in [6.45, 7) is 2.43. The molecule has 0 unspecified atom stereocenters. The number of hydrogen-bond donors (Lipinski definition) is 2. The van der Waals surface area contributed by atoms with E-state index < -0.39 is 41.0 Å². The second-order valence-electron chi connectivity index (χ2n) is 12.4. The van der Waals surface area contributed by atoms with Gasteiger partial charge in [-0.2, -0.15) is 12.7 Å². The van der Waals surface area contributed by atoms with E-state index in [0.717, 1.165) is 0 Å². The van der Waals surface area contributed by atoms with Crippen LogP contribution in [0.25, 0.3) is 0 Å². The highest BCUT2D eigenvalue weighted by Gasteiger charge is 2.50. The van der Waals surface area contributed by atoms with Gasteiger partial charge in [-0.25, -0.2) is 13.6 Å². The van der Waals surface area contributed by atoms with Crippen molar-refractivity contribution in [1.82, 2.24) is 10.2 Å². The Morgan fingerprint density at radius 3 is 2.46 bits per heavy atom. The molecule has 0 bridgehead atoms. The van der Waals surface area contributed by atoms with Gasteiger partial charge in [0.1, 0.15) is 13.3 Å². The van der Waals surface area contributed by atoms with Crippen LogP contribution in [0.5, 0.6) is 0 Å². The first-order chi connectivity index (χ1) is 22.0. The number of carbonyl (C=O) groups excluding carboxylic acids is 3. The number of rotatable bonds is 10. The molecule has 2 fully saturated rings. The molecule has 0 aromatic heterocycles. The number of nitrogens with zero attached hydrogens (tertiary/aromatic N) is 2. The van der Waals surface area contributed by atoms with Crippen molar-refractivity contribution in [2.24, 2.45) is 11.3 Å². The third kappa shape index (κ3) is 6.68. The molecule has 0 radical (unpaired) electrons. The van der Waals surface area contributed by atoms with Crippen LogP contribution < -0.4 is 14.3 Å². The molecule has 0 spiro atoms. The molecule has 11 nitrogen and oxygen atoms in total. The van der Waals surface area contributed by atoms with Crippen LogP contribution in [0.15, 0.2) is 42.5 Å². The molecule has 2 aliphatic heterocycles. The van der Waals surface area contributed by atoms with Crippen LogP contribution in [0.4, 0.5) is 25.0 Å². The van der Waals surface area contributed by atoms with Crippen molar-refractivity contribution in [1.29, 1.82) is 0 Å². The highest BCUT2D eigenvalue weighted by Crippen LogP contribution is 2.47. The maximum atomic E-state index is 14.0. The number of carbonyl (C=O) groups is 3. The second-order valence-corrected chi connectivity index (χ2v) is 13.9. The highest BCUT2D eigenvalue weighted by molar-refractivity contribution is 7.95. The average Bonchev–Trinajstić information content (AvgIpc) is 3.62. The second kappa shape index (κ2) is 13.9. The molecule has 1 aliphatic carbocycles. The molecular weight excluding hydrogens is 622 g/mol. The maximum absolute atomic E-state index is 14.0. The van der Waals surface area contributed by atoms with Crippen LogP contribution in [0.1, 0.15) is 62.6 Å². The van der Waals surface area contributed by atoms with E-state index in [4.69, 9.17) is 9.47 Å². The summed E-state index contributed by atoms with van der Waals surface area (Å²) in [4.78, 5) is 41.3. The smallest absolute Gasteiger partial charge is 0.430 e. The summed E-state index contributed by atoms with van der Waals surface area (Å²) < 4.78 is 67.4. The molecule has 2 aromatic carbocycles. The van der Waals surface area contributed by atoms with Gasteiger partial charge in [-0.05, 0) is 66.8 Å². The first-order valence-electron chi connectivity index (χ1n) is 15.5. The average molecular weight is 663 g/mol. The third-order valence-electron chi connectivity index (χ3n) is 9.37. The van der Waals surface area contributed by atoms with Gasteiger partial charge < -0.3 is 19.7 Å². The number of halogens is 2. The summed E-state index contributed by atoms with van der Waals surface area (Å²) >= 11 is 0. The summed E-state index contributed by atoms with van der Waals surface area (Å²) in [6, 6.07) is 11.0. The van der Waals surface area contributed by atoms with Crippen molar-refractivity contribution in [3.8, 4) is 0 Å². The van der Waals surface area contributed by atoms with Crippen LogP contribution in [-0.2, 0) is 49.1 Å². The van der Waals surface area contributed by atoms with Crippen molar-refractivity contribution in [3.05, 3.63) is 59.2 Å². The largest absolute Gasteiger partial charge is 0.444 e. The summed E-state index contributed by atoms with van der Waals surface area (Å²) in [5.41, 5.74) is 0.0902. The molecule has 3 aliphatic rings. The van der Waals surface area contributed by atoms with E-state index >= 15 is 0 Å². The molecule has 2 heterocycles. The van der Waals surface area contributed by atoms with E-state index in [1.54, 1.807) is 35.2 Å². The van der Waals surface area contributed by atoms with Crippen molar-refractivity contribution < 1.29 is 41.1 Å². The minimum Gasteiger partial charge on any atom is -0.444 e. The normalized spacial score (nSPS) is 22.3. The Morgan fingerprint density at radius 2 is 1.80 bits per heavy atom. The van der Waals surface area contributed by atoms with Crippen LogP contribution in [0.3, 0.4) is 0 Å². The van der Waals surface area contributed by atoms with Gasteiger partial charge in [0, 0.05) is 31.8 Å². The standard InChI is InChI=1S/C32H40F2N4O7S/c1-21(2)32(11-8-26(16-32)37(28(39)18-34)25-9-12-44-13-10-25)30(40)35-19-24-14-23(17-33)15-27-29(24)36-46(42,43)38(27)31(41)45-20-22-6-4-3-5-7-22/h3-7,14-15,21,25-26,36H,8-13,16-20H2,1-2H3,(H,35,40)/t26-,32+/m1/s1. The van der Waals surface area contributed by atoms with E-state index in [9.17, 15) is 31.6 Å². The van der Waals surface area contributed by atoms with E-state index in [1.165, 1.54) is 12.1 Å². The molecule has 14 heteroatoms. The number of hydrogen-bond acceptors (Lipinski definition) is 7. The maximum Gasteiger partial charge on any atom is 0.430 e. The van der Waals surface area contributed by atoms with Gasteiger partial charge in [-0.1, -0.05) is 44.2 Å². The number of amides is 3. The fourth-order valence-corrected chi connectivity index (χ4v) is 8.13. The topological polar surface area (TPSA) is 134 Å². The molecule has 2 N–H and O–H groups in total. The van der Waals surface area contributed by atoms with Crippen molar-refractivity contribution in [2.45, 2.75) is 77.9 Å². The molecule has 5 rings (SSSR count). The monoisotopic (exact) mass is 662 g/mol. The van der Waals surface area contributed by atoms with Crippen LogP contribution in [0, 0.1) is 11.3 Å². The molecular formula is C32H40F2N4O7S. The Labute approximate surface area is 267 Å². The Bertz CT molecular complexity index is 1550. The SMILES string of the molecule is CC(C)[C@]1(C(=O)NCc2cc(CF)cc3c2NS(=O)(=O)N3C(=O)OCc2ccccc2)CC[C@@H](N(C(=O)CF)C2CCOCC2)C1. The molecule has 46 heavy (non-hydrogen) atoms. The van der Waals surface area contributed by atoms with Crippen LogP contribution >= 0.6 is 0 Å². The van der Waals surface area contributed by atoms with Gasteiger partial charge in [-0.3, -0.25) is 14.3 Å². The number of ether oxygens (including phenoxy) is 2. The minimum atomic E-state index is -4.42. The van der Waals surface area contributed by atoms with Crippen LogP contribution in [-0.4, -0.2) is 63.2 Å². The zero-order valence-electron chi connectivity index (χ0n) is 26.0. The lowest BCUT2D eigenvalue weighted by molar-refractivity contribution is -0.141. The summed E-state index contributed by atoms with van der Waals surface area (Å²) in [6.07, 6.45) is 1.39. The Morgan fingerprint density at radius 1 is 1.09 bits per heavy atom. The fraction of sp³-hybridized carbons (Fsp3) is 0.531. The lowest BCUT2D eigenvalue weighted by Gasteiger charge is -2.39. The van der Waals surface area contributed by atoms with E-state index in [2.05, 4.69) is 10.0 Å². The van der Waals surface area contributed by atoms with Gasteiger partial charge in [-0.15, -0.1) is 0 Å². The molecule has 250 valence electrons. The van der Waals surface area contributed by atoms with E-state index in [-0.39, 0.29) is 59.6 Å². The minimum absolute atomic E-state index is 0.0382. The Kier molecular flexibility index (Phi) is 10.2. The van der Waals surface area contributed by atoms with Gasteiger partial charge >= 0.3 is 16.3 Å². The number of nitrogens with one attached hydrogen (secondary N) is 2. The molecule has 1 saturated heterocycles. The quantitative estimate of drug-likeness (QED) is 0.375. The number of benzene rings is 2. The van der Waals surface area contributed by atoms with E-state index in [1.807, 2.05) is 13.8 Å². The number of fused-ring (bicyclic) bond motifs is 1. The lowest BCUT2D eigenvalue weighted by atomic mass is 9.74. The summed E-state index contributed by atoms with van der Waals surface area (Å²) in [5.74, 6) is -1.02. The van der Waals surface area contributed by atoms with Gasteiger partial charge in [0.2, 0.25) is 5.91 Å². The predicted molar refractivity (Wildman–Crippen MR) is 166 cm³/mol. The number of alkyl halides is 2. The van der Waals surface area contributed by atoms with Gasteiger partial charge in [0.25, 0.3) is 5.91 Å². The van der Waals surface area contributed by atoms with E-state index in [0.29, 0.717) is 55.2 Å². The molecule has 2 aromatic rings.